The number of nitrogens with zero attached hydrogens (tertiary/aromatic N) is 3. The van der Waals surface area contributed by atoms with Crippen LogP contribution < -0.4 is 9.62 Å². The van der Waals surface area contributed by atoms with Gasteiger partial charge in [0.25, 0.3) is 0 Å². The van der Waals surface area contributed by atoms with Gasteiger partial charge in [-0.05, 0) is 48.6 Å². The van der Waals surface area contributed by atoms with Crippen molar-refractivity contribution in [1.29, 1.82) is 0 Å². The van der Waals surface area contributed by atoms with Gasteiger partial charge in [0, 0.05) is 19.1 Å². The van der Waals surface area contributed by atoms with Crippen molar-refractivity contribution in [3.63, 3.8) is 0 Å². The molecule has 160 valence electrons. The number of piperidine rings is 1. The molecule has 0 atom stereocenters. The maximum atomic E-state index is 13.2. The van der Waals surface area contributed by atoms with Crippen molar-refractivity contribution in [2.75, 3.05) is 18.0 Å². The predicted octanol–water partition coefficient (Wildman–Crippen LogP) is 3.80. The van der Waals surface area contributed by atoms with E-state index in [9.17, 15) is 26.0 Å². The first-order chi connectivity index (χ1) is 14.1. The van der Waals surface area contributed by atoms with E-state index in [1.54, 1.807) is 10.3 Å². The van der Waals surface area contributed by atoms with Gasteiger partial charge in [-0.1, -0.05) is 0 Å². The summed E-state index contributed by atoms with van der Waals surface area (Å²) in [6.45, 7) is 0.663. The van der Waals surface area contributed by atoms with Gasteiger partial charge in [-0.15, -0.1) is 11.3 Å². The molecule has 1 aliphatic heterocycles. The van der Waals surface area contributed by atoms with Crippen LogP contribution in [-0.4, -0.2) is 37.5 Å². The lowest BCUT2D eigenvalue weighted by Gasteiger charge is -2.33. The summed E-state index contributed by atoms with van der Waals surface area (Å²) >= 11 is 1.26. The molecule has 0 spiro atoms. The number of halogens is 4. The number of aromatic nitrogens is 2. The van der Waals surface area contributed by atoms with Crippen molar-refractivity contribution in [3.8, 4) is 0 Å². The summed E-state index contributed by atoms with van der Waals surface area (Å²) in [5.41, 5.74) is 0.233. The lowest BCUT2D eigenvalue weighted by atomic mass is 10.1. The number of fused-ring (bicyclic) bond motifs is 1. The lowest BCUT2D eigenvalue weighted by Crippen LogP contribution is -2.45. The van der Waals surface area contributed by atoms with Gasteiger partial charge in [-0.3, -0.25) is 0 Å². The predicted molar refractivity (Wildman–Crippen MR) is 104 cm³/mol. The number of alkyl halides is 3. The Morgan fingerprint density at radius 2 is 1.73 bits per heavy atom. The van der Waals surface area contributed by atoms with Crippen molar-refractivity contribution in [1.82, 2.24) is 14.7 Å². The number of benzene rings is 1. The van der Waals surface area contributed by atoms with Gasteiger partial charge in [0.1, 0.15) is 5.82 Å². The van der Waals surface area contributed by atoms with Crippen molar-refractivity contribution in [2.24, 2.45) is 0 Å². The monoisotopic (exact) mass is 460 g/mol. The largest absolute Gasteiger partial charge is 0.451 e. The van der Waals surface area contributed by atoms with Gasteiger partial charge < -0.3 is 4.90 Å². The molecule has 3 heterocycles. The number of thiophene rings is 1. The molecule has 0 unspecified atom stereocenters. The summed E-state index contributed by atoms with van der Waals surface area (Å²) in [7, 11) is -3.82. The normalized spacial score (nSPS) is 16.3. The second kappa shape index (κ2) is 7.75. The van der Waals surface area contributed by atoms with Crippen LogP contribution in [0.2, 0.25) is 0 Å². The van der Waals surface area contributed by atoms with Crippen LogP contribution in [0.1, 0.15) is 18.7 Å². The zero-order chi connectivity index (χ0) is 21.5. The summed E-state index contributed by atoms with van der Waals surface area (Å²) in [4.78, 5) is 9.02. The molecule has 12 heteroatoms. The van der Waals surface area contributed by atoms with E-state index < -0.39 is 27.8 Å². The van der Waals surface area contributed by atoms with Crippen LogP contribution in [-0.2, 0) is 16.2 Å². The van der Waals surface area contributed by atoms with Crippen LogP contribution >= 0.6 is 11.3 Å². The molecule has 1 aliphatic rings. The minimum Gasteiger partial charge on any atom is -0.355 e. The van der Waals surface area contributed by atoms with Crippen LogP contribution in [0, 0.1) is 5.82 Å². The van der Waals surface area contributed by atoms with Gasteiger partial charge in [-0.25, -0.2) is 27.5 Å². The summed E-state index contributed by atoms with van der Waals surface area (Å²) in [5, 5.41) is 1.66. The molecule has 1 aromatic carbocycles. The quantitative estimate of drug-likeness (QED) is 0.600. The molecule has 1 N–H and O–H groups in total. The van der Waals surface area contributed by atoms with E-state index in [2.05, 4.69) is 14.7 Å². The number of rotatable bonds is 4. The third-order valence-corrected chi connectivity index (χ3v) is 7.22. The molecule has 0 bridgehead atoms. The molecule has 6 nitrogen and oxygen atoms in total. The Morgan fingerprint density at radius 3 is 2.37 bits per heavy atom. The van der Waals surface area contributed by atoms with Gasteiger partial charge in [0.05, 0.1) is 15.1 Å². The number of hydrogen-bond donors (Lipinski definition) is 1. The maximum Gasteiger partial charge on any atom is 0.451 e. The molecule has 2 aromatic heterocycles. The van der Waals surface area contributed by atoms with E-state index in [0.717, 1.165) is 12.1 Å². The van der Waals surface area contributed by atoms with Gasteiger partial charge in [0.15, 0.2) is 5.82 Å². The van der Waals surface area contributed by atoms with E-state index in [1.165, 1.54) is 29.5 Å². The average molecular weight is 460 g/mol. The average Bonchev–Trinajstić information content (AvgIpc) is 3.16. The first-order valence-corrected chi connectivity index (χ1v) is 11.3. The second-order valence-corrected chi connectivity index (χ2v) is 9.47. The lowest BCUT2D eigenvalue weighted by molar-refractivity contribution is -0.144. The van der Waals surface area contributed by atoms with Crippen LogP contribution in [0.5, 0.6) is 0 Å². The molecule has 0 amide bonds. The number of sulfonamides is 1. The molecule has 1 saturated heterocycles. The summed E-state index contributed by atoms with van der Waals surface area (Å²) in [6.07, 6.45) is -3.88. The number of anilines is 1. The minimum atomic E-state index is -4.66. The Kier molecular flexibility index (Phi) is 5.41. The third kappa shape index (κ3) is 4.25. The highest BCUT2D eigenvalue weighted by Gasteiger charge is 2.36. The van der Waals surface area contributed by atoms with Gasteiger partial charge in [0.2, 0.25) is 15.8 Å². The molecule has 4 rings (SSSR count). The van der Waals surface area contributed by atoms with Gasteiger partial charge in [-0.2, -0.15) is 13.2 Å². The standard InChI is InChI=1S/C18H16F4N4O2S2/c19-11-1-3-13(4-2-11)30(27,28)25-12-5-8-26(9-6-12)16-15-14(7-10-29-15)23-17(24-16)18(20,21)22/h1-4,7,10,12,25H,5-6,8-9H2. The molecule has 0 radical (unpaired) electrons. The summed E-state index contributed by atoms with van der Waals surface area (Å²) in [6, 6.07) is 5.62. The molecule has 0 saturated carbocycles. The SMILES string of the molecule is O=S(=O)(NC1CCN(c2nc(C(F)(F)F)nc3ccsc23)CC1)c1ccc(F)cc1. The fraction of sp³-hybridized carbons (Fsp3) is 0.333. The Balaban J connectivity index is 1.50. The van der Waals surface area contributed by atoms with Crippen LogP contribution in [0.3, 0.4) is 0 Å². The highest BCUT2D eigenvalue weighted by Crippen LogP contribution is 2.35. The Hall–Kier alpha value is -2.31. The molecule has 3 aromatic rings. The van der Waals surface area contributed by atoms with Crippen LogP contribution in [0.15, 0.2) is 40.6 Å². The van der Waals surface area contributed by atoms with Crippen molar-refractivity contribution >= 4 is 37.4 Å². The van der Waals surface area contributed by atoms with Crippen molar-refractivity contribution < 1.29 is 26.0 Å². The number of hydrogen-bond acceptors (Lipinski definition) is 6. The summed E-state index contributed by atoms with van der Waals surface area (Å²) in [5.74, 6) is -1.52. The highest BCUT2D eigenvalue weighted by atomic mass is 32.2. The topological polar surface area (TPSA) is 75.2 Å². The minimum absolute atomic E-state index is 0.0442. The Morgan fingerprint density at radius 1 is 1.07 bits per heavy atom. The first-order valence-electron chi connectivity index (χ1n) is 8.99. The van der Waals surface area contributed by atoms with Crippen LogP contribution in [0.4, 0.5) is 23.4 Å². The van der Waals surface area contributed by atoms with Gasteiger partial charge >= 0.3 is 6.18 Å². The van der Waals surface area contributed by atoms with E-state index in [1.807, 2.05) is 0 Å². The first kappa shape index (κ1) is 20.9. The third-order valence-electron chi connectivity index (χ3n) is 4.78. The molecular weight excluding hydrogens is 444 g/mol. The molecule has 1 fully saturated rings. The molecule has 30 heavy (non-hydrogen) atoms. The zero-order valence-electron chi connectivity index (χ0n) is 15.4. The highest BCUT2D eigenvalue weighted by molar-refractivity contribution is 7.89. The second-order valence-electron chi connectivity index (χ2n) is 6.84. The maximum absolute atomic E-state index is 13.2. The van der Waals surface area contributed by atoms with E-state index in [0.29, 0.717) is 30.6 Å². The number of nitrogens with one attached hydrogen (secondary N) is 1. The fourth-order valence-corrected chi connectivity index (χ4v) is 5.45. The van der Waals surface area contributed by atoms with E-state index in [4.69, 9.17) is 0 Å². The zero-order valence-corrected chi connectivity index (χ0v) is 17.0. The van der Waals surface area contributed by atoms with Crippen molar-refractivity contribution in [3.05, 3.63) is 47.4 Å². The van der Waals surface area contributed by atoms with E-state index >= 15 is 0 Å². The smallest absolute Gasteiger partial charge is 0.355 e. The Bertz CT molecular complexity index is 1160. The van der Waals surface area contributed by atoms with Crippen LogP contribution in [0.25, 0.3) is 10.2 Å². The molecule has 0 aliphatic carbocycles. The van der Waals surface area contributed by atoms with Crippen molar-refractivity contribution in [2.45, 2.75) is 30.0 Å². The molecular formula is C18H16F4N4O2S2. The summed E-state index contributed by atoms with van der Waals surface area (Å²) < 4.78 is 80.6. The van der Waals surface area contributed by atoms with E-state index in [-0.39, 0.29) is 22.3 Å². The fourth-order valence-electron chi connectivity index (χ4n) is 3.30. The Labute approximate surface area is 173 Å².